The van der Waals surface area contributed by atoms with E-state index in [0.29, 0.717) is 0 Å². The molecule has 14 heavy (non-hydrogen) atoms. The fourth-order valence-electron chi connectivity index (χ4n) is 1.45. The van der Waals surface area contributed by atoms with Gasteiger partial charge in [0.25, 0.3) is 0 Å². The van der Waals surface area contributed by atoms with Gasteiger partial charge in [-0.15, -0.1) is 11.3 Å². The summed E-state index contributed by atoms with van der Waals surface area (Å²) in [5.41, 5.74) is 5.51. The first kappa shape index (κ1) is 11.4. The van der Waals surface area contributed by atoms with Gasteiger partial charge in [-0.2, -0.15) is 0 Å². The highest BCUT2D eigenvalue weighted by Gasteiger charge is 2.11. The molecule has 0 saturated heterocycles. The normalized spacial score (nSPS) is 12.6. The lowest BCUT2D eigenvalue weighted by molar-refractivity contribution is 0.657. The van der Waals surface area contributed by atoms with E-state index in [9.17, 15) is 0 Å². The van der Waals surface area contributed by atoms with Crippen LogP contribution in [0.25, 0.3) is 0 Å². The minimum Gasteiger partial charge on any atom is -0.271 e. The zero-order valence-electron chi connectivity index (χ0n) is 9.00. The molecule has 0 saturated carbocycles. The highest BCUT2D eigenvalue weighted by molar-refractivity contribution is 7.10. The molecule has 1 atom stereocenters. The Morgan fingerprint density at radius 3 is 2.86 bits per heavy atom. The Balaban J connectivity index is 2.94. The van der Waals surface area contributed by atoms with Crippen molar-refractivity contribution < 1.29 is 0 Å². The van der Waals surface area contributed by atoms with E-state index in [4.69, 9.17) is 5.84 Å². The summed E-state index contributed by atoms with van der Waals surface area (Å²) in [5.74, 6) is 5.55. The van der Waals surface area contributed by atoms with Gasteiger partial charge in [0.05, 0.1) is 6.04 Å². The maximum absolute atomic E-state index is 5.55. The van der Waals surface area contributed by atoms with Crippen molar-refractivity contribution >= 4 is 11.3 Å². The summed E-state index contributed by atoms with van der Waals surface area (Å²) in [6.45, 7) is 6.34. The highest BCUT2D eigenvalue weighted by atomic mass is 32.1. The molecule has 2 nitrogen and oxygen atoms in total. The molecule has 0 spiro atoms. The molecule has 1 heterocycles. The second kappa shape index (κ2) is 5.29. The van der Waals surface area contributed by atoms with Gasteiger partial charge in [0.15, 0.2) is 0 Å². The van der Waals surface area contributed by atoms with Gasteiger partial charge in [-0.1, -0.05) is 18.6 Å². The molecule has 0 radical (unpaired) electrons. The third-order valence-corrected chi connectivity index (χ3v) is 3.17. The van der Waals surface area contributed by atoms with Crippen molar-refractivity contribution in [2.45, 2.75) is 33.2 Å². The molecule has 0 aliphatic rings. The summed E-state index contributed by atoms with van der Waals surface area (Å²) in [4.78, 5) is 1.33. The first-order valence-corrected chi connectivity index (χ1v) is 5.74. The van der Waals surface area contributed by atoms with Gasteiger partial charge in [0, 0.05) is 4.88 Å². The Morgan fingerprint density at radius 2 is 2.36 bits per heavy atom. The van der Waals surface area contributed by atoms with Gasteiger partial charge in [0.1, 0.15) is 0 Å². The van der Waals surface area contributed by atoms with E-state index < -0.39 is 0 Å². The topological polar surface area (TPSA) is 38.0 Å². The van der Waals surface area contributed by atoms with E-state index in [1.165, 1.54) is 16.0 Å². The number of hydrogen-bond donors (Lipinski definition) is 2. The molecule has 0 fully saturated rings. The van der Waals surface area contributed by atoms with E-state index in [-0.39, 0.29) is 6.04 Å². The summed E-state index contributed by atoms with van der Waals surface area (Å²) >= 11 is 1.76. The van der Waals surface area contributed by atoms with Crippen molar-refractivity contribution in [3.8, 4) is 0 Å². The Hall–Kier alpha value is -0.640. The molecular weight excluding hydrogens is 192 g/mol. The van der Waals surface area contributed by atoms with Crippen LogP contribution in [0.15, 0.2) is 23.1 Å². The van der Waals surface area contributed by atoms with Gasteiger partial charge >= 0.3 is 0 Å². The third kappa shape index (κ3) is 2.67. The second-order valence-corrected chi connectivity index (χ2v) is 4.50. The number of nitrogens with one attached hydrogen (secondary N) is 1. The van der Waals surface area contributed by atoms with Crippen LogP contribution in [0, 0.1) is 0 Å². The smallest absolute Gasteiger partial charge is 0.0738 e. The molecule has 1 rings (SSSR count). The summed E-state index contributed by atoms with van der Waals surface area (Å²) < 4.78 is 0. The van der Waals surface area contributed by atoms with Crippen LogP contribution >= 0.6 is 11.3 Å². The van der Waals surface area contributed by atoms with E-state index in [1.807, 2.05) is 0 Å². The average Bonchev–Trinajstić information content (AvgIpc) is 2.61. The summed E-state index contributed by atoms with van der Waals surface area (Å²) in [5, 5.41) is 2.12. The van der Waals surface area contributed by atoms with Crippen LogP contribution in [0.2, 0.25) is 0 Å². The standard InChI is InChI=1S/C11H18N2S/c1-4-9-5-6-14-11(9)10(13-12)7-8(2)3/h5-7,10,13H,4,12H2,1-3H3. The predicted molar refractivity (Wildman–Crippen MR) is 63.2 cm³/mol. The van der Waals surface area contributed by atoms with Crippen LogP contribution in [-0.2, 0) is 6.42 Å². The maximum Gasteiger partial charge on any atom is 0.0738 e. The lowest BCUT2D eigenvalue weighted by atomic mass is 10.1. The van der Waals surface area contributed by atoms with E-state index in [0.717, 1.165) is 6.42 Å². The Morgan fingerprint density at radius 1 is 1.64 bits per heavy atom. The third-order valence-electron chi connectivity index (χ3n) is 2.12. The molecule has 0 amide bonds. The largest absolute Gasteiger partial charge is 0.271 e. The van der Waals surface area contributed by atoms with Crippen molar-refractivity contribution in [1.29, 1.82) is 0 Å². The molecular formula is C11H18N2S. The SMILES string of the molecule is CCc1ccsc1C(C=C(C)C)NN. The maximum atomic E-state index is 5.55. The lowest BCUT2D eigenvalue weighted by Crippen LogP contribution is -2.26. The van der Waals surface area contributed by atoms with Gasteiger partial charge in [-0.25, -0.2) is 5.43 Å². The average molecular weight is 210 g/mol. The first-order chi connectivity index (χ1) is 6.69. The molecule has 0 aliphatic carbocycles. The monoisotopic (exact) mass is 210 g/mol. The molecule has 3 heteroatoms. The number of nitrogens with two attached hydrogens (primary N) is 1. The number of allylic oxidation sites excluding steroid dienone is 1. The quantitative estimate of drug-likeness (QED) is 0.455. The van der Waals surface area contributed by atoms with Crippen molar-refractivity contribution in [3.05, 3.63) is 33.5 Å². The van der Waals surface area contributed by atoms with E-state index in [2.05, 4.69) is 43.7 Å². The highest BCUT2D eigenvalue weighted by Crippen LogP contribution is 2.26. The molecule has 1 aromatic heterocycles. The predicted octanol–water partition coefficient (Wildman–Crippen LogP) is 2.78. The van der Waals surface area contributed by atoms with Crippen LogP contribution in [0.3, 0.4) is 0 Å². The second-order valence-electron chi connectivity index (χ2n) is 3.55. The molecule has 78 valence electrons. The van der Waals surface area contributed by atoms with Crippen LogP contribution in [0.1, 0.15) is 37.3 Å². The summed E-state index contributed by atoms with van der Waals surface area (Å²) in [6.07, 6.45) is 3.22. The summed E-state index contributed by atoms with van der Waals surface area (Å²) in [6, 6.07) is 2.33. The molecule has 0 aliphatic heterocycles. The first-order valence-electron chi connectivity index (χ1n) is 4.86. The van der Waals surface area contributed by atoms with E-state index >= 15 is 0 Å². The molecule has 3 N–H and O–H groups in total. The van der Waals surface area contributed by atoms with Gasteiger partial charge in [-0.05, 0) is 37.3 Å². The minimum atomic E-state index is 0.162. The van der Waals surface area contributed by atoms with Crippen LogP contribution in [-0.4, -0.2) is 0 Å². The number of aryl methyl sites for hydroxylation is 1. The van der Waals surface area contributed by atoms with Crippen LogP contribution < -0.4 is 11.3 Å². The minimum absolute atomic E-state index is 0.162. The number of hydrazine groups is 1. The van der Waals surface area contributed by atoms with Crippen LogP contribution in [0.4, 0.5) is 0 Å². The van der Waals surface area contributed by atoms with Gasteiger partial charge in [0.2, 0.25) is 0 Å². The molecule has 1 unspecified atom stereocenters. The van der Waals surface area contributed by atoms with Crippen molar-refractivity contribution in [1.82, 2.24) is 5.43 Å². The lowest BCUT2D eigenvalue weighted by Gasteiger charge is -2.12. The van der Waals surface area contributed by atoms with Gasteiger partial charge in [-0.3, -0.25) is 5.84 Å². The van der Waals surface area contributed by atoms with Crippen molar-refractivity contribution in [3.63, 3.8) is 0 Å². The zero-order valence-corrected chi connectivity index (χ0v) is 9.82. The molecule has 1 aromatic rings. The van der Waals surface area contributed by atoms with Crippen molar-refractivity contribution in [2.24, 2.45) is 5.84 Å². The Bertz CT molecular complexity index is 311. The van der Waals surface area contributed by atoms with Crippen LogP contribution in [0.5, 0.6) is 0 Å². The number of rotatable bonds is 4. The number of hydrogen-bond acceptors (Lipinski definition) is 3. The molecule has 0 bridgehead atoms. The van der Waals surface area contributed by atoms with Crippen molar-refractivity contribution in [2.75, 3.05) is 0 Å². The Labute approximate surface area is 89.8 Å². The number of thiophene rings is 1. The Kier molecular flexibility index (Phi) is 4.32. The fourth-order valence-corrected chi connectivity index (χ4v) is 2.47. The van der Waals surface area contributed by atoms with E-state index in [1.54, 1.807) is 11.3 Å². The summed E-state index contributed by atoms with van der Waals surface area (Å²) in [7, 11) is 0. The fraction of sp³-hybridized carbons (Fsp3) is 0.455. The molecule has 0 aromatic carbocycles. The van der Waals surface area contributed by atoms with Gasteiger partial charge < -0.3 is 0 Å². The zero-order chi connectivity index (χ0) is 10.6.